The Morgan fingerprint density at radius 2 is 2.00 bits per heavy atom. The van der Waals surface area contributed by atoms with E-state index in [4.69, 9.17) is 4.42 Å². The lowest BCUT2D eigenvalue weighted by Gasteiger charge is -2.08. The standard InChI is InChI=1S/C20H20N4O/c1-2-3-10-19-22-23-20(25-19)18-12-16-8-4-5-9-17(16)24(18)14-15-7-6-11-21-13-15/h4-9,11-13H,2-3,10,14H2,1H3. The van der Waals surface area contributed by atoms with E-state index in [0.29, 0.717) is 18.3 Å². The Morgan fingerprint density at radius 3 is 2.84 bits per heavy atom. The number of rotatable bonds is 6. The van der Waals surface area contributed by atoms with E-state index in [-0.39, 0.29) is 0 Å². The van der Waals surface area contributed by atoms with Gasteiger partial charge in [0, 0.05) is 36.3 Å². The lowest BCUT2D eigenvalue weighted by molar-refractivity contribution is 0.492. The van der Waals surface area contributed by atoms with Crippen molar-refractivity contribution in [2.24, 2.45) is 0 Å². The highest BCUT2D eigenvalue weighted by atomic mass is 16.4. The molecule has 1 aromatic carbocycles. The Morgan fingerprint density at radius 1 is 1.08 bits per heavy atom. The summed E-state index contributed by atoms with van der Waals surface area (Å²) in [4.78, 5) is 4.22. The molecule has 0 aliphatic rings. The summed E-state index contributed by atoms with van der Waals surface area (Å²) in [5, 5.41) is 9.65. The molecule has 0 atom stereocenters. The van der Waals surface area contributed by atoms with Crippen LogP contribution >= 0.6 is 0 Å². The molecule has 3 heterocycles. The van der Waals surface area contributed by atoms with Crippen LogP contribution in [-0.4, -0.2) is 19.7 Å². The summed E-state index contributed by atoms with van der Waals surface area (Å²) in [6, 6.07) is 14.5. The third kappa shape index (κ3) is 3.18. The van der Waals surface area contributed by atoms with E-state index >= 15 is 0 Å². The van der Waals surface area contributed by atoms with E-state index in [1.165, 1.54) is 0 Å². The maximum absolute atomic E-state index is 5.92. The first-order chi connectivity index (χ1) is 12.3. The highest BCUT2D eigenvalue weighted by Gasteiger charge is 2.16. The fraction of sp³-hybridized carbons (Fsp3) is 0.250. The van der Waals surface area contributed by atoms with Crippen LogP contribution in [0.5, 0.6) is 0 Å². The average molecular weight is 332 g/mol. The van der Waals surface area contributed by atoms with Crippen LogP contribution in [0, 0.1) is 0 Å². The molecule has 25 heavy (non-hydrogen) atoms. The number of hydrogen-bond donors (Lipinski definition) is 0. The quantitative estimate of drug-likeness (QED) is 0.522. The van der Waals surface area contributed by atoms with Crippen LogP contribution in [0.15, 0.2) is 59.3 Å². The molecule has 0 spiro atoms. The number of para-hydroxylation sites is 1. The van der Waals surface area contributed by atoms with Gasteiger partial charge in [-0.25, -0.2) is 0 Å². The fourth-order valence-corrected chi connectivity index (χ4v) is 3.02. The summed E-state index contributed by atoms with van der Waals surface area (Å²) >= 11 is 0. The first-order valence-corrected chi connectivity index (χ1v) is 8.65. The molecule has 5 heteroatoms. The van der Waals surface area contributed by atoms with Crippen molar-refractivity contribution in [2.45, 2.75) is 32.7 Å². The molecule has 0 amide bonds. The monoisotopic (exact) mass is 332 g/mol. The average Bonchev–Trinajstić information content (AvgIpc) is 3.26. The normalized spacial score (nSPS) is 11.2. The molecule has 4 rings (SSSR count). The molecule has 0 radical (unpaired) electrons. The smallest absolute Gasteiger partial charge is 0.264 e. The van der Waals surface area contributed by atoms with Gasteiger partial charge in [0.15, 0.2) is 0 Å². The third-order valence-corrected chi connectivity index (χ3v) is 4.30. The molecule has 0 aliphatic carbocycles. The Labute approximate surface area is 146 Å². The van der Waals surface area contributed by atoms with Crippen molar-refractivity contribution < 1.29 is 4.42 Å². The van der Waals surface area contributed by atoms with Crippen LogP contribution in [0.4, 0.5) is 0 Å². The second-order valence-electron chi connectivity index (χ2n) is 6.14. The molecular formula is C20H20N4O. The number of nitrogens with zero attached hydrogens (tertiary/aromatic N) is 4. The number of fused-ring (bicyclic) bond motifs is 1. The van der Waals surface area contributed by atoms with Crippen molar-refractivity contribution in [3.63, 3.8) is 0 Å². The summed E-state index contributed by atoms with van der Waals surface area (Å²) in [7, 11) is 0. The van der Waals surface area contributed by atoms with E-state index in [1.54, 1.807) is 6.20 Å². The maximum atomic E-state index is 5.92. The van der Waals surface area contributed by atoms with Crippen molar-refractivity contribution in [1.82, 2.24) is 19.7 Å². The van der Waals surface area contributed by atoms with E-state index in [9.17, 15) is 0 Å². The Kier molecular flexibility index (Phi) is 4.29. The van der Waals surface area contributed by atoms with Gasteiger partial charge in [0.25, 0.3) is 5.89 Å². The van der Waals surface area contributed by atoms with Crippen molar-refractivity contribution >= 4 is 10.9 Å². The number of hydrogen-bond acceptors (Lipinski definition) is 4. The van der Waals surface area contributed by atoms with Crippen LogP contribution in [0.1, 0.15) is 31.2 Å². The van der Waals surface area contributed by atoms with Crippen LogP contribution in [0.25, 0.3) is 22.5 Å². The summed E-state index contributed by atoms with van der Waals surface area (Å²) in [5.74, 6) is 1.28. The molecule has 0 saturated carbocycles. The largest absolute Gasteiger partial charge is 0.419 e. The molecule has 5 nitrogen and oxygen atoms in total. The van der Waals surface area contributed by atoms with Gasteiger partial charge in [-0.2, -0.15) is 0 Å². The lowest BCUT2D eigenvalue weighted by Crippen LogP contribution is -2.02. The van der Waals surface area contributed by atoms with Gasteiger partial charge in [0.2, 0.25) is 5.89 Å². The summed E-state index contributed by atoms with van der Waals surface area (Å²) in [5.41, 5.74) is 3.23. The minimum atomic E-state index is 0.575. The number of aryl methyl sites for hydroxylation is 1. The van der Waals surface area contributed by atoms with Crippen LogP contribution in [-0.2, 0) is 13.0 Å². The fourth-order valence-electron chi connectivity index (χ4n) is 3.02. The number of pyridine rings is 1. The van der Waals surface area contributed by atoms with Crippen molar-refractivity contribution in [2.75, 3.05) is 0 Å². The highest BCUT2D eigenvalue weighted by Crippen LogP contribution is 2.28. The van der Waals surface area contributed by atoms with E-state index in [2.05, 4.69) is 50.9 Å². The Bertz CT molecular complexity index is 972. The molecule has 0 N–H and O–H groups in total. The molecular weight excluding hydrogens is 312 g/mol. The zero-order valence-electron chi connectivity index (χ0n) is 14.2. The first kappa shape index (κ1) is 15.6. The van der Waals surface area contributed by atoms with Gasteiger partial charge in [-0.1, -0.05) is 37.6 Å². The van der Waals surface area contributed by atoms with Gasteiger partial charge in [0.1, 0.15) is 5.69 Å². The third-order valence-electron chi connectivity index (χ3n) is 4.30. The zero-order chi connectivity index (χ0) is 17.1. The minimum Gasteiger partial charge on any atom is -0.419 e. The van der Waals surface area contributed by atoms with E-state index in [1.807, 2.05) is 24.4 Å². The summed E-state index contributed by atoms with van der Waals surface area (Å²) in [6.07, 6.45) is 6.67. The van der Waals surface area contributed by atoms with Gasteiger partial charge in [-0.3, -0.25) is 4.98 Å². The summed E-state index contributed by atoms with van der Waals surface area (Å²) in [6.45, 7) is 2.87. The second-order valence-corrected chi connectivity index (χ2v) is 6.14. The van der Waals surface area contributed by atoms with Gasteiger partial charge in [-0.05, 0) is 30.2 Å². The second kappa shape index (κ2) is 6.89. The molecule has 0 fully saturated rings. The molecule has 0 aliphatic heterocycles. The molecule has 0 saturated heterocycles. The summed E-state index contributed by atoms with van der Waals surface area (Å²) < 4.78 is 8.13. The van der Waals surface area contributed by atoms with Crippen molar-refractivity contribution in [3.05, 3.63) is 66.3 Å². The van der Waals surface area contributed by atoms with Gasteiger partial charge >= 0.3 is 0 Å². The SMILES string of the molecule is CCCCc1nnc(-c2cc3ccccc3n2Cc2cccnc2)o1. The molecule has 0 bridgehead atoms. The van der Waals surface area contributed by atoms with Crippen molar-refractivity contribution in [3.8, 4) is 11.6 Å². The highest BCUT2D eigenvalue weighted by molar-refractivity contribution is 5.85. The van der Waals surface area contributed by atoms with Gasteiger partial charge in [0.05, 0.1) is 0 Å². The van der Waals surface area contributed by atoms with E-state index < -0.39 is 0 Å². The van der Waals surface area contributed by atoms with Crippen LogP contribution < -0.4 is 0 Å². The molecule has 3 aromatic heterocycles. The Balaban J connectivity index is 1.77. The maximum Gasteiger partial charge on any atom is 0.264 e. The lowest BCUT2D eigenvalue weighted by atomic mass is 10.2. The predicted octanol–water partition coefficient (Wildman–Crippen LogP) is 4.48. The van der Waals surface area contributed by atoms with Crippen molar-refractivity contribution in [1.29, 1.82) is 0 Å². The number of unbranched alkanes of at least 4 members (excludes halogenated alkanes) is 1. The number of benzene rings is 1. The van der Waals surface area contributed by atoms with Crippen LogP contribution in [0.2, 0.25) is 0 Å². The molecule has 4 aromatic rings. The zero-order valence-corrected chi connectivity index (χ0v) is 14.2. The van der Waals surface area contributed by atoms with Gasteiger partial charge in [-0.15, -0.1) is 10.2 Å². The number of aromatic nitrogens is 4. The Hall–Kier alpha value is -2.95. The molecule has 126 valence electrons. The topological polar surface area (TPSA) is 56.7 Å². The first-order valence-electron chi connectivity index (χ1n) is 8.65. The van der Waals surface area contributed by atoms with E-state index in [0.717, 1.165) is 41.4 Å². The van der Waals surface area contributed by atoms with Crippen LogP contribution in [0.3, 0.4) is 0 Å². The molecule has 0 unspecified atom stereocenters. The predicted molar refractivity (Wildman–Crippen MR) is 97.2 cm³/mol. The van der Waals surface area contributed by atoms with Gasteiger partial charge < -0.3 is 8.98 Å². The minimum absolute atomic E-state index is 0.575.